The third kappa shape index (κ3) is 3.31. The molecule has 2 aromatic heterocycles. The number of carbonyl (C=O) groups excluding carboxylic acids is 1. The Morgan fingerprint density at radius 1 is 1.27 bits per heavy atom. The summed E-state index contributed by atoms with van der Waals surface area (Å²) in [5, 5.41) is 3.83. The van der Waals surface area contributed by atoms with E-state index in [1.54, 1.807) is 7.11 Å². The fourth-order valence-electron chi connectivity index (χ4n) is 2.99. The number of hydrogen-bond acceptors (Lipinski definition) is 6. The first-order valence-electron chi connectivity index (χ1n) is 8.49. The molecule has 0 radical (unpaired) electrons. The van der Waals surface area contributed by atoms with Gasteiger partial charge in [-0.15, -0.1) is 11.3 Å². The van der Waals surface area contributed by atoms with E-state index in [4.69, 9.17) is 4.74 Å². The van der Waals surface area contributed by atoms with E-state index in [1.165, 1.54) is 11.3 Å². The lowest BCUT2D eigenvalue weighted by Crippen LogP contribution is -2.52. The van der Waals surface area contributed by atoms with E-state index >= 15 is 0 Å². The van der Waals surface area contributed by atoms with Crippen LogP contribution in [-0.2, 0) is 0 Å². The first-order valence-corrected chi connectivity index (χ1v) is 9.37. The number of likely N-dealkylation sites (N-methyl/N-ethyl adjacent to an activating group) is 1. The lowest BCUT2D eigenvalue weighted by atomic mass is 10.1. The van der Waals surface area contributed by atoms with Gasteiger partial charge in [0.05, 0.1) is 12.8 Å². The highest BCUT2D eigenvalue weighted by Gasteiger charge is 2.20. The molecule has 136 valence electrons. The van der Waals surface area contributed by atoms with E-state index in [9.17, 15) is 4.79 Å². The molecule has 1 aliphatic rings. The molecular formula is C18H21N5O2S. The number of benzene rings is 1. The topological polar surface area (TPSA) is 62.1 Å². The monoisotopic (exact) mass is 371 g/mol. The number of imidazole rings is 1. The van der Waals surface area contributed by atoms with Crippen LogP contribution in [0.4, 0.5) is 0 Å². The third-order valence-corrected chi connectivity index (χ3v) is 5.41. The zero-order chi connectivity index (χ0) is 18.1. The number of amides is 1. The van der Waals surface area contributed by atoms with Gasteiger partial charge in [-0.2, -0.15) is 0 Å². The zero-order valence-corrected chi connectivity index (χ0v) is 15.6. The number of nitrogens with one attached hydrogen (secondary N) is 1. The minimum Gasteiger partial charge on any atom is -0.497 e. The Morgan fingerprint density at radius 2 is 2.08 bits per heavy atom. The highest BCUT2D eigenvalue weighted by atomic mass is 32.1. The summed E-state index contributed by atoms with van der Waals surface area (Å²) in [6.07, 6.45) is 1.90. The summed E-state index contributed by atoms with van der Waals surface area (Å²) < 4.78 is 7.13. The van der Waals surface area contributed by atoms with Crippen molar-refractivity contribution in [2.75, 3.05) is 40.3 Å². The summed E-state index contributed by atoms with van der Waals surface area (Å²) in [6.45, 7) is 3.55. The summed E-state index contributed by atoms with van der Waals surface area (Å²) >= 11 is 1.46. The highest BCUT2D eigenvalue weighted by Crippen LogP contribution is 2.26. The number of fused-ring (bicyclic) bond motifs is 1. The Hall–Kier alpha value is -2.42. The predicted molar refractivity (Wildman–Crippen MR) is 102 cm³/mol. The molecule has 3 aromatic rings. The molecule has 8 heteroatoms. The molecule has 0 saturated carbocycles. The van der Waals surface area contributed by atoms with Crippen LogP contribution in [0.5, 0.6) is 5.75 Å². The zero-order valence-electron chi connectivity index (χ0n) is 14.8. The number of methoxy groups -OCH3 is 1. The molecule has 0 atom stereocenters. The van der Waals surface area contributed by atoms with Crippen LogP contribution in [-0.4, -0.2) is 65.5 Å². The Balaban J connectivity index is 1.56. The van der Waals surface area contributed by atoms with E-state index in [1.807, 2.05) is 45.3 Å². The van der Waals surface area contributed by atoms with Crippen molar-refractivity contribution in [1.82, 2.24) is 24.7 Å². The Bertz CT molecular complexity index is 927. The van der Waals surface area contributed by atoms with Crippen molar-refractivity contribution < 1.29 is 9.53 Å². The molecule has 1 amide bonds. The molecule has 1 aliphatic heterocycles. The van der Waals surface area contributed by atoms with E-state index in [0.717, 1.165) is 48.1 Å². The van der Waals surface area contributed by atoms with Crippen LogP contribution in [0, 0.1) is 0 Å². The lowest BCUT2D eigenvalue weighted by molar-refractivity contribution is 0.0657. The van der Waals surface area contributed by atoms with E-state index in [0.29, 0.717) is 5.69 Å². The molecule has 1 saturated heterocycles. The number of hydrogen-bond donors (Lipinski definition) is 1. The molecular weight excluding hydrogens is 350 g/mol. The van der Waals surface area contributed by atoms with Gasteiger partial charge in [-0.1, -0.05) is 12.1 Å². The Labute approximate surface area is 155 Å². The molecule has 7 nitrogen and oxygen atoms in total. The number of hydrazine groups is 1. The number of thiazole rings is 1. The van der Waals surface area contributed by atoms with E-state index < -0.39 is 0 Å². The van der Waals surface area contributed by atoms with Crippen molar-refractivity contribution in [3.63, 3.8) is 0 Å². The van der Waals surface area contributed by atoms with Gasteiger partial charge in [0.1, 0.15) is 11.4 Å². The molecule has 0 aliphatic carbocycles. The van der Waals surface area contributed by atoms with Gasteiger partial charge in [-0.25, -0.2) is 9.99 Å². The van der Waals surface area contributed by atoms with E-state index in [-0.39, 0.29) is 5.91 Å². The number of carbonyl (C=O) groups is 1. The molecule has 26 heavy (non-hydrogen) atoms. The molecule has 1 N–H and O–H groups in total. The van der Waals surface area contributed by atoms with Crippen LogP contribution < -0.4 is 10.2 Å². The smallest absolute Gasteiger partial charge is 0.283 e. The van der Waals surface area contributed by atoms with Crippen molar-refractivity contribution >= 4 is 22.2 Å². The average Bonchev–Trinajstić information content (AvgIpc) is 3.24. The maximum Gasteiger partial charge on any atom is 0.283 e. The van der Waals surface area contributed by atoms with Gasteiger partial charge < -0.3 is 9.64 Å². The fourth-order valence-corrected chi connectivity index (χ4v) is 3.84. The summed E-state index contributed by atoms with van der Waals surface area (Å²) in [4.78, 5) is 20.4. The normalized spacial score (nSPS) is 16.1. The van der Waals surface area contributed by atoms with Crippen LogP contribution in [0.2, 0.25) is 0 Å². The van der Waals surface area contributed by atoms with Gasteiger partial charge in [0.2, 0.25) is 0 Å². The minimum atomic E-state index is -0.101. The number of ether oxygens (including phenoxy) is 1. The summed E-state index contributed by atoms with van der Waals surface area (Å²) in [5.41, 5.74) is 5.40. The van der Waals surface area contributed by atoms with Gasteiger partial charge in [-0.3, -0.25) is 14.6 Å². The second-order valence-electron chi connectivity index (χ2n) is 6.36. The largest absolute Gasteiger partial charge is 0.497 e. The van der Waals surface area contributed by atoms with Gasteiger partial charge in [0.25, 0.3) is 5.91 Å². The minimum absolute atomic E-state index is 0.101. The van der Waals surface area contributed by atoms with Crippen molar-refractivity contribution in [2.24, 2.45) is 0 Å². The first kappa shape index (κ1) is 17.0. The fraction of sp³-hybridized carbons (Fsp3) is 0.333. The Kier molecular flexibility index (Phi) is 4.62. The third-order valence-electron chi connectivity index (χ3n) is 4.57. The van der Waals surface area contributed by atoms with Crippen LogP contribution in [0.3, 0.4) is 0 Å². The quantitative estimate of drug-likeness (QED) is 0.760. The molecule has 1 fully saturated rings. The van der Waals surface area contributed by atoms with Gasteiger partial charge in [0.15, 0.2) is 4.96 Å². The van der Waals surface area contributed by atoms with Crippen LogP contribution >= 0.6 is 11.3 Å². The van der Waals surface area contributed by atoms with Crippen molar-refractivity contribution in [3.8, 4) is 17.0 Å². The second kappa shape index (κ2) is 7.06. The number of piperazine rings is 1. The molecule has 0 spiro atoms. The van der Waals surface area contributed by atoms with Crippen molar-refractivity contribution in [3.05, 3.63) is 41.5 Å². The maximum atomic E-state index is 12.7. The molecule has 3 heterocycles. The highest BCUT2D eigenvalue weighted by molar-refractivity contribution is 7.15. The van der Waals surface area contributed by atoms with Crippen LogP contribution in [0.1, 0.15) is 10.5 Å². The van der Waals surface area contributed by atoms with E-state index in [2.05, 4.69) is 22.4 Å². The maximum absolute atomic E-state index is 12.7. The molecule has 1 aromatic carbocycles. The number of aromatic nitrogens is 2. The predicted octanol–water partition coefficient (Wildman–Crippen LogP) is 1.96. The summed E-state index contributed by atoms with van der Waals surface area (Å²) in [6, 6.07) is 7.76. The first-order chi connectivity index (χ1) is 12.6. The number of rotatable bonds is 4. The Morgan fingerprint density at radius 3 is 2.85 bits per heavy atom. The van der Waals surface area contributed by atoms with Gasteiger partial charge in [0, 0.05) is 43.3 Å². The molecule has 4 rings (SSSR count). The SMILES string of the molecule is COc1cccc(-c2cn3c(C(=O)NN4CCN(C)CC4)csc3n2)c1. The second-order valence-corrected chi connectivity index (χ2v) is 7.20. The number of nitrogens with zero attached hydrogens (tertiary/aromatic N) is 4. The van der Waals surface area contributed by atoms with Crippen molar-refractivity contribution in [2.45, 2.75) is 0 Å². The van der Waals surface area contributed by atoms with Crippen LogP contribution in [0.25, 0.3) is 16.2 Å². The average molecular weight is 371 g/mol. The lowest BCUT2D eigenvalue weighted by Gasteiger charge is -2.32. The molecule has 0 unspecified atom stereocenters. The van der Waals surface area contributed by atoms with Crippen LogP contribution in [0.15, 0.2) is 35.8 Å². The standard InChI is InChI=1S/C18H21N5O2S/c1-21-6-8-22(9-7-21)20-17(24)16-12-26-18-19-15(11-23(16)18)13-4-3-5-14(10-13)25-2/h3-5,10-12H,6-9H2,1-2H3,(H,20,24). The van der Waals surface area contributed by atoms with Crippen molar-refractivity contribution in [1.29, 1.82) is 0 Å². The summed E-state index contributed by atoms with van der Waals surface area (Å²) in [7, 11) is 3.73. The molecule has 0 bridgehead atoms. The van der Waals surface area contributed by atoms with Gasteiger partial charge in [-0.05, 0) is 19.2 Å². The van der Waals surface area contributed by atoms with Gasteiger partial charge >= 0.3 is 0 Å². The summed E-state index contributed by atoms with van der Waals surface area (Å²) in [5.74, 6) is 0.683.